The van der Waals surface area contributed by atoms with Gasteiger partial charge in [0.05, 0.1) is 36.8 Å². The first-order chi connectivity index (χ1) is 17.4. The molecule has 2 N–H and O–H groups in total. The zero-order valence-electron chi connectivity index (χ0n) is 20.4. The summed E-state index contributed by atoms with van der Waals surface area (Å²) in [6.07, 6.45) is 2.58. The highest BCUT2D eigenvalue weighted by Gasteiger charge is 2.31. The largest absolute Gasteiger partial charge is 0.493 e. The Balaban J connectivity index is 1.68. The lowest BCUT2D eigenvalue weighted by atomic mass is 9.92. The maximum Gasteiger partial charge on any atom is 0.272 e. The summed E-state index contributed by atoms with van der Waals surface area (Å²) in [4.78, 5) is 40.4. The van der Waals surface area contributed by atoms with Gasteiger partial charge in [0.2, 0.25) is 0 Å². The molecule has 0 radical (unpaired) electrons. The summed E-state index contributed by atoms with van der Waals surface area (Å²) in [7, 11) is 3.15. The minimum Gasteiger partial charge on any atom is -0.493 e. The van der Waals surface area contributed by atoms with E-state index < -0.39 is 17.6 Å². The fourth-order valence-electron chi connectivity index (χ4n) is 5.31. The molecule has 2 unspecified atom stereocenters. The molecule has 1 fully saturated rings. The molecule has 1 saturated carbocycles. The number of fused-ring (bicyclic) bond motifs is 3. The molecule has 1 aliphatic carbocycles. The number of rotatable bonds is 6. The zero-order chi connectivity index (χ0) is 25.4. The van der Waals surface area contributed by atoms with E-state index >= 15 is 0 Å². The second-order valence-electron chi connectivity index (χ2n) is 9.29. The smallest absolute Gasteiger partial charge is 0.272 e. The summed E-state index contributed by atoms with van der Waals surface area (Å²) in [6, 6.07) is 15.8. The minimum atomic E-state index is -0.606. The number of amides is 1. The number of carbonyl (C=O) groups is 2. The van der Waals surface area contributed by atoms with Crippen molar-refractivity contribution in [1.29, 1.82) is 0 Å². The summed E-state index contributed by atoms with van der Waals surface area (Å²) in [5.74, 6) is -0.444. The van der Waals surface area contributed by atoms with Crippen LogP contribution in [0.5, 0.6) is 5.75 Å². The van der Waals surface area contributed by atoms with E-state index in [9.17, 15) is 19.5 Å². The van der Waals surface area contributed by atoms with E-state index in [1.165, 1.54) is 11.7 Å². The van der Waals surface area contributed by atoms with Gasteiger partial charge in [-0.2, -0.15) is 0 Å². The van der Waals surface area contributed by atoms with Gasteiger partial charge in [0.1, 0.15) is 5.39 Å². The predicted molar refractivity (Wildman–Crippen MR) is 138 cm³/mol. The van der Waals surface area contributed by atoms with Gasteiger partial charge in [0.25, 0.3) is 11.5 Å². The number of aryl methyl sites for hydroxylation is 1. The van der Waals surface area contributed by atoms with E-state index in [1.807, 2.05) is 24.3 Å². The van der Waals surface area contributed by atoms with Crippen LogP contribution in [0.2, 0.25) is 0 Å². The number of aliphatic hydroxyl groups is 1. The SMILES string of the molecule is COc1c(C(=O)NC2CCCCC2O)n(C)c2c1c(=O)n(CC(=O)c1ccccc1)c1ccccc21. The van der Waals surface area contributed by atoms with E-state index in [1.54, 1.807) is 41.9 Å². The molecule has 2 aromatic heterocycles. The molecule has 8 nitrogen and oxygen atoms in total. The van der Waals surface area contributed by atoms with Crippen molar-refractivity contribution in [3.63, 3.8) is 0 Å². The van der Waals surface area contributed by atoms with Crippen molar-refractivity contribution in [1.82, 2.24) is 14.5 Å². The Morgan fingerprint density at radius 2 is 1.75 bits per heavy atom. The summed E-state index contributed by atoms with van der Waals surface area (Å²) in [6.45, 7) is -0.146. The van der Waals surface area contributed by atoms with E-state index in [2.05, 4.69) is 5.32 Å². The number of ketones is 1. The van der Waals surface area contributed by atoms with Crippen LogP contribution in [0.15, 0.2) is 59.4 Å². The predicted octanol–water partition coefficient (Wildman–Crippen LogP) is 3.42. The number of aliphatic hydroxyl groups excluding tert-OH is 1. The number of benzene rings is 2. The number of aromatic nitrogens is 2. The first-order valence-electron chi connectivity index (χ1n) is 12.2. The summed E-state index contributed by atoms with van der Waals surface area (Å²) in [5.41, 5.74) is 1.47. The van der Waals surface area contributed by atoms with Gasteiger partial charge in [0.15, 0.2) is 17.2 Å². The lowest BCUT2D eigenvalue weighted by Gasteiger charge is -2.28. The van der Waals surface area contributed by atoms with Crippen LogP contribution in [0.3, 0.4) is 0 Å². The fourth-order valence-corrected chi connectivity index (χ4v) is 5.31. The van der Waals surface area contributed by atoms with E-state index in [4.69, 9.17) is 4.74 Å². The monoisotopic (exact) mass is 487 g/mol. The van der Waals surface area contributed by atoms with Crippen molar-refractivity contribution in [2.24, 2.45) is 7.05 Å². The Morgan fingerprint density at radius 3 is 2.47 bits per heavy atom. The summed E-state index contributed by atoms with van der Waals surface area (Å²) in [5, 5.41) is 14.3. The van der Waals surface area contributed by atoms with Crippen LogP contribution in [0.4, 0.5) is 0 Å². The molecule has 2 heterocycles. The molecule has 0 saturated heterocycles. The average Bonchev–Trinajstić information content (AvgIpc) is 3.20. The van der Waals surface area contributed by atoms with Crippen LogP contribution in [-0.2, 0) is 13.6 Å². The number of hydrogen-bond acceptors (Lipinski definition) is 5. The molecule has 1 aliphatic rings. The van der Waals surface area contributed by atoms with Gasteiger partial charge in [-0.15, -0.1) is 0 Å². The van der Waals surface area contributed by atoms with Crippen molar-refractivity contribution in [3.8, 4) is 5.75 Å². The summed E-state index contributed by atoms with van der Waals surface area (Å²) < 4.78 is 8.77. The highest BCUT2D eigenvalue weighted by atomic mass is 16.5. The number of methoxy groups -OCH3 is 1. The molecule has 0 spiro atoms. The van der Waals surface area contributed by atoms with Gasteiger partial charge in [0, 0.05) is 18.0 Å². The average molecular weight is 488 g/mol. The van der Waals surface area contributed by atoms with Gasteiger partial charge in [-0.1, -0.05) is 61.4 Å². The van der Waals surface area contributed by atoms with Crippen molar-refractivity contribution in [3.05, 3.63) is 76.2 Å². The minimum absolute atomic E-state index is 0.146. The van der Waals surface area contributed by atoms with E-state index in [-0.39, 0.29) is 35.2 Å². The molecule has 2 aromatic carbocycles. The summed E-state index contributed by atoms with van der Waals surface area (Å²) >= 11 is 0. The van der Waals surface area contributed by atoms with Gasteiger partial charge in [-0.05, 0) is 18.9 Å². The molecule has 36 heavy (non-hydrogen) atoms. The number of pyridine rings is 1. The van der Waals surface area contributed by atoms with Crippen molar-refractivity contribution >= 4 is 33.5 Å². The first kappa shape index (κ1) is 23.8. The molecule has 4 aromatic rings. The molecule has 2 atom stereocenters. The standard InChI is InChI=1S/C28H29N3O5/c1-30-24-18-12-6-8-14-20(18)31(16-22(33)17-10-4-3-5-11-17)28(35)23(24)26(36-2)25(30)27(34)29-19-13-7-9-15-21(19)32/h3-6,8,10-12,14,19,21,32H,7,9,13,15-16H2,1-2H3,(H,29,34). The third kappa shape index (κ3) is 3.97. The molecule has 8 heteroatoms. The van der Waals surface area contributed by atoms with Crippen LogP contribution in [0.1, 0.15) is 46.5 Å². The maximum absolute atomic E-state index is 13.9. The zero-order valence-corrected chi connectivity index (χ0v) is 20.4. The lowest BCUT2D eigenvalue weighted by Crippen LogP contribution is -2.45. The quantitative estimate of drug-likeness (QED) is 0.406. The van der Waals surface area contributed by atoms with Gasteiger partial charge >= 0.3 is 0 Å². The normalized spacial score (nSPS) is 17.9. The number of para-hydroxylation sites is 1. The van der Waals surface area contributed by atoms with Crippen LogP contribution in [-0.4, -0.2) is 45.2 Å². The number of Topliss-reactive ketones (excluding diaryl/α,β-unsaturated/α-hetero) is 1. The molecule has 1 amide bonds. The second-order valence-corrected chi connectivity index (χ2v) is 9.29. The van der Waals surface area contributed by atoms with Crippen LogP contribution < -0.4 is 15.6 Å². The number of ether oxygens (including phenoxy) is 1. The molecule has 0 aliphatic heterocycles. The number of nitrogens with zero attached hydrogens (tertiary/aromatic N) is 2. The Kier molecular flexibility index (Phi) is 6.36. The topological polar surface area (TPSA) is 103 Å². The molecule has 5 rings (SSSR count). The number of hydrogen-bond donors (Lipinski definition) is 2. The second kappa shape index (κ2) is 9.62. The van der Waals surface area contributed by atoms with E-state index in [0.717, 1.165) is 18.2 Å². The van der Waals surface area contributed by atoms with Crippen LogP contribution in [0, 0.1) is 0 Å². The van der Waals surface area contributed by atoms with Gasteiger partial charge < -0.3 is 19.7 Å². The van der Waals surface area contributed by atoms with Gasteiger partial charge in [-0.3, -0.25) is 19.0 Å². The van der Waals surface area contributed by atoms with Crippen molar-refractivity contribution in [2.45, 2.75) is 44.4 Å². The lowest BCUT2D eigenvalue weighted by molar-refractivity contribution is 0.0709. The molecule has 0 bridgehead atoms. The Bertz CT molecular complexity index is 1520. The first-order valence-corrected chi connectivity index (χ1v) is 12.2. The van der Waals surface area contributed by atoms with Crippen molar-refractivity contribution in [2.75, 3.05) is 7.11 Å². The third-order valence-electron chi connectivity index (χ3n) is 7.12. The Hall–Kier alpha value is -3.91. The van der Waals surface area contributed by atoms with Gasteiger partial charge in [-0.25, -0.2) is 0 Å². The highest BCUT2D eigenvalue weighted by Crippen LogP contribution is 2.35. The molecular formula is C28H29N3O5. The maximum atomic E-state index is 13.9. The highest BCUT2D eigenvalue weighted by molar-refractivity contribution is 6.12. The Morgan fingerprint density at radius 1 is 1.06 bits per heavy atom. The van der Waals surface area contributed by atoms with Crippen molar-refractivity contribution < 1.29 is 19.4 Å². The molecule has 186 valence electrons. The van der Waals surface area contributed by atoms with Crippen LogP contribution >= 0.6 is 0 Å². The Labute approximate surface area is 208 Å². The number of nitrogens with one attached hydrogen (secondary N) is 1. The van der Waals surface area contributed by atoms with E-state index in [0.29, 0.717) is 29.4 Å². The molecular weight excluding hydrogens is 458 g/mol. The fraction of sp³-hybridized carbons (Fsp3) is 0.321. The third-order valence-corrected chi connectivity index (χ3v) is 7.12. The van der Waals surface area contributed by atoms with Crippen LogP contribution in [0.25, 0.3) is 21.8 Å². The number of carbonyl (C=O) groups excluding carboxylic acids is 2.